The Bertz CT molecular complexity index is 444. The molecule has 0 saturated heterocycles. The number of amides is 1. The molecule has 2 rings (SSSR count). The molecule has 0 radical (unpaired) electrons. The number of fused-ring (bicyclic) bond motifs is 1. The number of amidine groups is 1. The zero-order chi connectivity index (χ0) is 13.3. The smallest absolute Gasteiger partial charge is 0.315 e. The maximum atomic E-state index is 12.0. The molecule has 0 fully saturated rings. The van der Waals surface area contributed by atoms with E-state index >= 15 is 0 Å². The number of carbonyl (C=O) groups excluding carboxylic acids is 2. The summed E-state index contributed by atoms with van der Waals surface area (Å²) in [5.74, 6) is -0.759. The van der Waals surface area contributed by atoms with Gasteiger partial charge in [-0.2, -0.15) is 10.2 Å². The Hall–Kier alpha value is -1.92. The number of nitrogens with one attached hydrogen (secondary N) is 1. The lowest BCUT2D eigenvalue weighted by Gasteiger charge is -2.35. The monoisotopic (exact) mass is 252 g/mol. The van der Waals surface area contributed by atoms with Crippen LogP contribution in [0.25, 0.3) is 0 Å². The molecule has 1 N–H and O–H groups in total. The SMILES string of the molecule is CCOC(=O)C1C(C)=NN(C)C2=NNC(=O)CC21. The van der Waals surface area contributed by atoms with Crippen LogP contribution in [0.2, 0.25) is 0 Å². The summed E-state index contributed by atoms with van der Waals surface area (Å²) in [6.07, 6.45) is 0.222. The van der Waals surface area contributed by atoms with Crippen molar-refractivity contribution in [3.63, 3.8) is 0 Å². The fourth-order valence-corrected chi connectivity index (χ4v) is 2.33. The van der Waals surface area contributed by atoms with E-state index in [4.69, 9.17) is 4.74 Å². The molecule has 0 spiro atoms. The molecular weight excluding hydrogens is 236 g/mol. The van der Waals surface area contributed by atoms with E-state index in [1.165, 1.54) is 0 Å². The lowest BCUT2D eigenvalue weighted by molar-refractivity contribution is -0.146. The van der Waals surface area contributed by atoms with Gasteiger partial charge in [-0.1, -0.05) is 0 Å². The number of carbonyl (C=O) groups is 2. The molecule has 2 aliphatic heterocycles. The number of nitrogens with zero attached hydrogens (tertiary/aromatic N) is 3. The van der Waals surface area contributed by atoms with Crippen molar-refractivity contribution in [2.24, 2.45) is 22.0 Å². The molecule has 0 aromatic carbocycles. The highest BCUT2D eigenvalue weighted by Gasteiger charge is 2.43. The molecule has 0 aromatic rings. The summed E-state index contributed by atoms with van der Waals surface area (Å²) in [5.41, 5.74) is 3.05. The van der Waals surface area contributed by atoms with E-state index in [9.17, 15) is 9.59 Å². The van der Waals surface area contributed by atoms with Crippen molar-refractivity contribution in [2.45, 2.75) is 20.3 Å². The third-order valence-electron chi connectivity index (χ3n) is 3.06. The largest absolute Gasteiger partial charge is 0.465 e. The molecule has 0 bridgehead atoms. The topological polar surface area (TPSA) is 83.4 Å². The van der Waals surface area contributed by atoms with Crippen LogP contribution in [0.4, 0.5) is 0 Å². The molecule has 98 valence electrons. The van der Waals surface area contributed by atoms with Crippen molar-refractivity contribution in [3.8, 4) is 0 Å². The zero-order valence-corrected chi connectivity index (χ0v) is 10.6. The first kappa shape index (κ1) is 12.5. The van der Waals surface area contributed by atoms with E-state index in [0.29, 0.717) is 18.2 Å². The van der Waals surface area contributed by atoms with Gasteiger partial charge in [0.2, 0.25) is 5.91 Å². The van der Waals surface area contributed by atoms with Gasteiger partial charge in [-0.15, -0.1) is 0 Å². The second-order valence-electron chi connectivity index (χ2n) is 4.31. The van der Waals surface area contributed by atoms with Gasteiger partial charge in [0.25, 0.3) is 0 Å². The van der Waals surface area contributed by atoms with E-state index in [2.05, 4.69) is 15.6 Å². The molecule has 2 heterocycles. The van der Waals surface area contributed by atoms with E-state index < -0.39 is 5.92 Å². The molecular formula is C11H16N4O3. The third kappa shape index (κ3) is 2.07. The van der Waals surface area contributed by atoms with Crippen LogP contribution in [-0.4, -0.2) is 42.1 Å². The van der Waals surface area contributed by atoms with Gasteiger partial charge in [-0.05, 0) is 13.8 Å². The Labute approximate surface area is 105 Å². The Balaban J connectivity index is 2.35. The Kier molecular flexibility index (Phi) is 3.31. The predicted octanol–water partition coefficient (Wildman–Crippen LogP) is -0.0634. The molecule has 0 aliphatic carbocycles. The highest BCUT2D eigenvalue weighted by Crippen LogP contribution is 2.28. The maximum Gasteiger partial charge on any atom is 0.315 e. The van der Waals surface area contributed by atoms with Crippen LogP contribution in [0.5, 0.6) is 0 Å². The first-order chi connectivity index (χ1) is 8.54. The second-order valence-corrected chi connectivity index (χ2v) is 4.31. The van der Waals surface area contributed by atoms with Crippen molar-refractivity contribution in [3.05, 3.63) is 0 Å². The van der Waals surface area contributed by atoms with Gasteiger partial charge in [0.15, 0.2) is 0 Å². The van der Waals surface area contributed by atoms with Gasteiger partial charge >= 0.3 is 5.97 Å². The van der Waals surface area contributed by atoms with Crippen molar-refractivity contribution in [1.82, 2.24) is 10.4 Å². The number of hydrogen-bond acceptors (Lipinski definition) is 6. The molecule has 18 heavy (non-hydrogen) atoms. The molecule has 0 aromatic heterocycles. The van der Waals surface area contributed by atoms with Gasteiger partial charge in [-0.25, -0.2) is 5.43 Å². The van der Waals surface area contributed by atoms with Crippen LogP contribution in [-0.2, 0) is 14.3 Å². The first-order valence-electron chi connectivity index (χ1n) is 5.86. The summed E-state index contributed by atoms with van der Waals surface area (Å²) >= 11 is 0. The number of rotatable bonds is 2. The van der Waals surface area contributed by atoms with Gasteiger partial charge in [0, 0.05) is 19.4 Å². The lowest BCUT2D eigenvalue weighted by atomic mass is 9.83. The molecule has 0 saturated carbocycles. The standard InChI is InChI=1S/C11H16N4O3/c1-4-18-11(17)9-6(2)14-15(3)10-7(9)5-8(16)12-13-10/h7,9H,4-5H2,1-3H3,(H,12,16). The normalized spacial score (nSPS) is 26.8. The zero-order valence-electron chi connectivity index (χ0n) is 10.6. The van der Waals surface area contributed by atoms with Crippen molar-refractivity contribution in [1.29, 1.82) is 0 Å². The van der Waals surface area contributed by atoms with Crippen LogP contribution in [0, 0.1) is 11.8 Å². The molecule has 7 nitrogen and oxygen atoms in total. The summed E-state index contributed by atoms with van der Waals surface area (Å²) in [4.78, 5) is 23.4. The summed E-state index contributed by atoms with van der Waals surface area (Å²) in [6.45, 7) is 3.83. The van der Waals surface area contributed by atoms with Crippen molar-refractivity contribution >= 4 is 23.4 Å². The third-order valence-corrected chi connectivity index (χ3v) is 3.06. The maximum absolute atomic E-state index is 12.0. The van der Waals surface area contributed by atoms with Crippen LogP contribution in [0.15, 0.2) is 10.2 Å². The van der Waals surface area contributed by atoms with Gasteiger partial charge < -0.3 is 4.74 Å². The van der Waals surface area contributed by atoms with E-state index in [1.807, 2.05) is 0 Å². The summed E-state index contributed by atoms with van der Waals surface area (Å²) in [7, 11) is 1.74. The number of hydrogen-bond donors (Lipinski definition) is 1. The quantitative estimate of drug-likeness (QED) is 0.698. The van der Waals surface area contributed by atoms with Crippen molar-refractivity contribution < 1.29 is 14.3 Å². The van der Waals surface area contributed by atoms with Gasteiger partial charge in [0.05, 0.1) is 12.3 Å². The first-order valence-corrected chi connectivity index (χ1v) is 5.86. The fourth-order valence-electron chi connectivity index (χ4n) is 2.33. The number of ether oxygens (including phenoxy) is 1. The molecule has 2 aliphatic rings. The Morgan fingerprint density at radius 2 is 2.33 bits per heavy atom. The second kappa shape index (κ2) is 4.75. The fraction of sp³-hybridized carbons (Fsp3) is 0.636. The molecule has 2 unspecified atom stereocenters. The van der Waals surface area contributed by atoms with E-state index in [-0.39, 0.29) is 24.2 Å². The highest BCUT2D eigenvalue weighted by atomic mass is 16.5. The number of hydrazone groups is 2. The van der Waals surface area contributed by atoms with E-state index in [0.717, 1.165) is 0 Å². The van der Waals surface area contributed by atoms with Crippen LogP contribution < -0.4 is 5.43 Å². The summed E-state index contributed by atoms with van der Waals surface area (Å²) in [6, 6.07) is 0. The lowest BCUT2D eigenvalue weighted by Crippen LogP contribution is -2.50. The predicted molar refractivity (Wildman–Crippen MR) is 64.7 cm³/mol. The van der Waals surface area contributed by atoms with Crippen LogP contribution >= 0.6 is 0 Å². The molecule has 7 heteroatoms. The van der Waals surface area contributed by atoms with Crippen molar-refractivity contribution in [2.75, 3.05) is 13.7 Å². The van der Waals surface area contributed by atoms with Gasteiger partial charge in [0.1, 0.15) is 11.8 Å². The molecule has 1 amide bonds. The Morgan fingerprint density at radius 3 is 3.00 bits per heavy atom. The Morgan fingerprint density at radius 1 is 1.61 bits per heavy atom. The van der Waals surface area contributed by atoms with Crippen LogP contribution in [0.1, 0.15) is 20.3 Å². The average molecular weight is 252 g/mol. The summed E-state index contributed by atoms with van der Waals surface area (Å²) in [5, 5.41) is 9.81. The van der Waals surface area contributed by atoms with Crippen LogP contribution in [0.3, 0.4) is 0 Å². The molecule has 2 atom stereocenters. The van der Waals surface area contributed by atoms with E-state index in [1.54, 1.807) is 25.9 Å². The summed E-state index contributed by atoms with van der Waals surface area (Å²) < 4.78 is 5.05. The minimum absolute atomic E-state index is 0.193. The average Bonchev–Trinajstić information content (AvgIpc) is 2.28. The number of esters is 1. The van der Waals surface area contributed by atoms with Gasteiger partial charge in [-0.3, -0.25) is 14.6 Å². The highest BCUT2D eigenvalue weighted by molar-refractivity contribution is 6.09. The minimum atomic E-state index is -0.522. The minimum Gasteiger partial charge on any atom is -0.465 e.